The molecule has 1 heterocycles. The van der Waals surface area contributed by atoms with Crippen LogP contribution in [0.2, 0.25) is 0 Å². The van der Waals surface area contributed by atoms with Crippen molar-refractivity contribution in [3.8, 4) is 11.4 Å². The molecule has 0 saturated carbocycles. The van der Waals surface area contributed by atoms with E-state index in [1.807, 2.05) is 24.3 Å². The number of aromatic hydroxyl groups is 1. The second-order valence-corrected chi connectivity index (χ2v) is 4.86. The number of H-pyrrole nitrogens is 1. The molecular weight excluding hydrogens is 296 g/mol. The molecule has 3 aromatic rings. The molecule has 0 fully saturated rings. The fourth-order valence-electron chi connectivity index (χ4n) is 1.96. The summed E-state index contributed by atoms with van der Waals surface area (Å²) >= 11 is 3.38. The summed E-state index contributed by atoms with van der Waals surface area (Å²) in [7, 11) is 0. The quantitative estimate of drug-likeness (QED) is 0.726. The molecule has 0 atom stereocenters. The SMILES string of the molecule is O=c1[nH]c2ccc(O)cc2n1-c1cccc(Br)c1. The number of nitrogens with zero attached hydrogens (tertiary/aromatic N) is 1. The lowest BCUT2D eigenvalue weighted by atomic mass is 10.2. The Morgan fingerprint density at radius 3 is 2.78 bits per heavy atom. The molecular formula is C13H9BrN2O2. The van der Waals surface area contributed by atoms with Crippen LogP contribution in [-0.4, -0.2) is 14.7 Å². The molecule has 0 bridgehead atoms. The molecule has 2 N–H and O–H groups in total. The molecule has 1 aromatic heterocycles. The van der Waals surface area contributed by atoms with Gasteiger partial charge in [-0.2, -0.15) is 0 Å². The summed E-state index contributed by atoms with van der Waals surface area (Å²) in [6.07, 6.45) is 0. The van der Waals surface area contributed by atoms with Crippen molar-refractivity contribution < 1.29 is 5.11 Å². The number of fused-ring (bicyclic) bond motifs is 1. The molecule has 0 aliphatic heterocycles. The first-order valence-corrected chi connectivity index (χ1v) is 6.14. The van der Waals surface area contributed by atoms with Crippen LogP contribution in [0.15, 0.2) is 51.7 Å². The van der Waals surface area contributed by atoms with Gasteiger partial charge in [-0.25, -0.2) is 4.79 Å². The van der Waals surface area contributed by atoms with Gasteiger partial charge in [-0.1, -0.05) is 22.0 Å². The number of hydrogen-bond donors (Lipinski definition) is 2. The van der Waals surface area contributed by atoms with Gasteiger partial charge < -0.3 is 10.1 Å². The highest BCUT2D eigenvalue weighted by Crippen LogP contribution is 2.21. The summed E-state index contributed by atoms with van der Waals surface area (Å²) < 4.78 is 2.42. The number of hydrogen-bond acceptors (Lipinski definition) is 2. The summed E-state index contributed by atoms with van der Waals surface area (Å²) in [5.74, 6) is 0.130. The molecule has 18 heavy (non-hydrogen) atoms. The molecule has 0 radical (unpaired) electrons. The van der Waals surface area contributed by atoms with Crippen molar-refractivity contribution in [3.05, 3.63) is 57.4 Å². The molecule has 0 saturated heterocycles. The average Bonchev–Trinajstić information content (AvgIpc) is 2.64. The van der Waals surface area contributed by atoms with E-state index < -0.39 is 0 Å². The van der Waals surface area contributed by atoms with Crippen molar-refractivity contribution in [2.45, 2.75) is 0 Å². The number of benzene rings is 2. The highest BCUT2D eigenvalue weighted by atomic mass is 79.9. The third kappa shape index (κ3) is 1.73. The zero-order chi connectivity index (χ0) is 12.7. The maximum absolute atomic E-state index is 12.0. The van der Waals surface area contributed by atoms with Gasteiger partial charge in [0.25, 0.3) is 0 Å². The summed E-state index contributed by atoms with van der Waals surface area (Å²) in [4.78, 5) is 14.7. The lowest BCUT2D eigenvalue weighted by Gasteiger charge is -2.03. The van der Waals surface area contributed by atoms with Crippen LogP contribution >= 0.6 is 15.9 Å². The van der Waals surface area contributed by atoms with E-state index in [0.717, 1.165) is 10.2 Å². The normalized spacial score (nSPS) is 10.9. The van der Waals surface area contributed by atoms with E-state index in [4.69, 9.17) is 0 Å². The van der Waals surface area contributed by atoms with E-state index in [-0.39, 0.29) is 11.4 Å². The topological polar surface area (TPSA) is 58.0 Å². The van der Waals surface area contributed by atoms with Crippen molar-refractivity contribution in [2.75, 3.05) is 0 Å². The number of aromatic nitrogens is 2. The van der Waals surface area contributed by atoms with Crippen molar-refractivity contribution >= 4 is 27.0 Å². The Morgan fingerprint density at radius 2 is 2.00 bits per heavy atom. The van der Waals surface area contributed by atoms with Crippen LogP contribution in [0, 0.1) is 0 Å². The van der Waals surface area contributed by atoms with Gasteiger partial charge >= 0.3 is 5.69 Å². The van der Waals surface area contributed by atoms with E-state index in [1.54, 1.807) is 18.2 Å². The molecule has 0 amide bonds. The van der Waals surface area contributed by atoms with Crippen LogP contribution in [0.25, 0.3) is 16.7 Å². The van der Waals surface area contributed by atoms with Gasteiger partial charge in [0.1, 0.15) is 5.75 Å². The highest BCUT2D eigenvalue weighted by Gasteiger charge is 2.09. The molecule has 90 valence electrons. The van der Waals surface area contributed by atoms with Gasteiger partial charge in [0, 0.05) is 10.5 Å². The lowest BCUT2D eigenvalue weighted by Crippen LogP contribution is -2.14. The van der Waals surface area contributed by atoms with Crippen LogP contribution in [-0.2, 0) is 0 Å². The Labute approximate surface area is 111 Å². The Balaban J connectivity index is 2.38. The summed E-state index contributed by atoms with van der Waals surface area (Å²) in [6, 6.07) is 12.2. The lowest BCUT2D eigenvalue weighted by molar-refractivity contribution is 0.476. The maximum Gasteiger partial charge on any atom is 0.331 e. The van der Waals surface area contributed by atoms with E-state index in [1.165, 1.54) is 4.57 Å². The number of nitrogens with one attached hydrogen (secondary N) is 1. The zero-order valence-corrected chi connectivity index (χ0v) is 10.8. The highest BCUT2D eigenvalue weighted by molar-refractivity contribution is 9.10. The van der Waals surface area contributed by atoms with Gasteiger partial charge in [-0.3, -0.25) is 4.57 Å². The fraction of sp³-hybridized carbons (Fsp3) is 0. The van der Waals surface area contributed by atoms with Gasteiger partial charge in [0.2, 0.25) is 0 Å². The van der Waals surface area contributed by atoms with Crippen LogP contribution < -0.4 is 5.69 Å². The molecule has 0 aliphatic carbocycles. The van der Waals surface area contributed by atoms with Crippen LogP contribution in [0.5, 0.6) is 5.75 Å². The first-order chi connectivity index (χ1) is 8.65. The largest absolute Gasteiger partial charge is 0.508 e. The number of imidazole rings is 1. The van der Waals surface area contributed by atoms with Gasteiger partial charge in [0.15, 0.2) is 0 Å². The first-order valence-electron chi connectivity index (χ1n) is 5.35. The summed E-state index contributed by atoms with van der Waals surface area (Å²) in [6.45, 7) is 0. The average molecular weight is 305 g/mol. The minimum atomic E-state index is -0.228. The Hall–Kier alpha value is -2.01. The van der Waals surface area contributed by atoms with Crippen LogP contribution in [0.1, 0.15) is 0 Å². The van der Waals surface area contributed by atoms with E-state index >= 15 is 0 Å². The summed E-state index contributed by atoms with van der Waals surface area (Å²) in [5, 5.41) is 9.53. The van der Waals surface area contributed by atoms with Crippen molar-refractivity contribution in [3.63, 3.8) is 0 Å². The smallest absolute Gasteiger partial charge is 0.331 e. The first kappa shape index (κ1) is 11.1. The Bertz CT molecular complexity index is 789. The second kappa shape index (κ2) is 4.03. The summed E-state index contributed by atoms with van der Waals surface area (Å²) in [5.41, 5.74) is 1.86. The van der Waals surface area contributed by atoms with Crippen molar-refractivity contribution in [2.24, 2.45) is 0 Å². The van der Waals surface area contributed by atoms with E-state index in [0.29, 0.717) is 11.0 Å². The standard InChI is InChI=1S/C13H9BrN2O2/c14-8-2-1-3-9(6-8)16-12-7-10(17)4-5-11(12)15-13(16)18/h1-7,17H,(H,15,18). The third-order valence-electron chi connectivity index (χ3n) is 2.73. The van der Waals surface area contributed by atoms with Gasteiger partial charge in [0.05, 0.1) is 16.7 Å². The predicted octanol–water partition coefficient (Wildman–Crippen LogP) is 2.79. The molecule has 3 rings (SSSR count). The van der Waals surface area contributed by atoms with E-state index in [9.17, 15) is 9.90 Å². The Kier molecular flexibility index (Phi) is 2.48. The third-order valence-corrected chi connectivity index (χ3v) is 3.23. The number of phenolic OH excluding ortho intramolecular Hbond substituents is 1. The van der Waals surface area contributed by atoms with Crippen molar-refractivity contribution in [1.82, 2.24) is 9.55 Å². The number of rotatable bonds is 1. The van der Waals surface area contributed by atoms with Crippen LogP contribution in [0.4, 0.5) is 0 Å². The second-order valence-electron chi connectivity index (χ2n) is 3.95. The molecule has 0 spiro atoms. The molecule has 0 unspecified atom stereocenters. The zero-order valence-electron chi connectivity index (χ0n) is 9.22. The maximum atomic E-state index is 12.0. The Morgan fingerprint density at radius 1 is 1.17 bits per heavy atom. The predicted molar refractivity (Wildman–Crippen MR) is 73.3 cm³/mol. The number of phenols is 1. The van der Waals surface area contributed by atoms with E-state index in [2.05, 4.69) is 20.9 Å². The number of aromatic amines is 1. The monoisotopic (exact) mass is 304 g/mol. The molecule has 4 nitrogen and oxygen atoms in total. The molecule has 0 aliphatic rings. The minimum absolute atomic E-state index is 0.130. The van der Waals surface area contributed by atoms with Crippen molar-refractivity contribution in [1.29, 1.82) is 0 Å². The van der Waals surface area contributed by atoms with Gasteiger partial charge in [-0.05, 0) is 30.3 Å². The minimum Gasteiger partial charge on any atom is -0.508 e. The van der Waals surface area contributed by atoms with Crippen LogP contribution in [0.3, 0.4) is 0 Å². The fourth-order valence-corrected chi connectivity index (χ4v) is 2.35. The molecule has 2 aromatic carbocycles. The van der Waals surface area contributed by atoms with Gasteiger partial charge in [-0.15, -0.1) is 0 Å². The molecule has 5 heteroatoms. The number of halogens is 1.